The van der Waals surface area contributed by atoms with E-state index in [0.717, 1.165) is 0 Å². The van der Waals surface area contributed by atoms with Gasteiger partial charge in [0.1, 0.15) is 0 Å². The SMILES string of the molecule is CC(C)(C)c1cc(-c2ccc(-c3cc(C(C)(C)C)cc(C(C)(C)C)c3)c3cc4c(-c5ccccc5)c5c(c(-c6ccccc6)c4cc23)-c2cccc3c2c-5cc2ccccc23)cc(C(C)(C)C)c1. The Labute approximate surface area is 404 Å². The van der Waals surface area contributed by atoms with Gasteiger partial charge in [0, 0.05) is 0 Å². The summed E-state index contributed by atoms with van der Waals surface area (Å²) < 4.78 is 0. The maximum Gasteiger partial charge on any atom is -0.000719 e. The largest absolute Gasteiger partial charge is 0.0622 e. The van der Waals surface area contributed by atoms with E-state index in [4.69, 9.17) is 0 Å². The third-order valence-electron chi connectivity index (χ3n) is 14.9. The molecule has 0 saturated heterocycles. The lowest BCUT2D eigenvalue weighted by molar-refractivity contribution is 0.568. The second-order valence-corrected chi connectivity index (χ2v) is 23.8. The Balaban J connectivity index is 1.38. The highest BCUT2D eigenvalue weighted by Gasteiger charge is 2.33. The van der Waals surface area contributed by atoms with Crippen molar-refractivity contribution >= 4 is 43.1 Å². The summed E-state index contributed by atoms with van der Waals surface area (Å²) in [6, 6.07) is 65.7. The molecule has 0 unspecified atom stereocenters. The van der Waals surface area contributed by atoms with Gasteiger partial charge in [-0.25, -0.2) is 0 Å². The molecule has 1 aliphatic carbocycles. The Morgan fingerprint density at radius 1 is 0.235 bits per heavy atom. The number of fused-ring (bicyclic) bond motifs is 7. The summed E-state index contributed by atoms with van der Waals surface area (Å²) in [5, 5.41) is 10.3. The van der Waals surface area contributed by atoms with E-state index in [9.17, 15) is 0 Å². The van der Waals surface area contributed by atoms with Crippen molar-refractivity contribution in [1.29, 1.82) is 0 Å². The second kappa shape index (κ2) is 15.4. The third kappa shape index (κ3) is 7.18. The predicted molar refractivity (Wildman–Crippen MR) is 297 cm³/mol. The molecular formula is C68H64. The van der Waals surface area contributed by atoms with E-state index in [0.29, 0.717) is 0 Å². The highest BCUT2D eigenvalue weighted by atomic mass is 14.4. The molecule has 1 aliphatic rings. The van der Waals surface area contributed by atoms with Crippen LogP contribution in [-0.4, -0.2) is 0 Å². The van der Waals surface area contributed by atoms with Crippen LogP contribution in [0.15, 0.2) is 170 Å². The Hall–Kier alpha value is -6.76. The van der Waals surface area contributed by atoms with Crippen molar-refractivity contribution in [3.63, 3.8) is 0 Å². The lowest BCUT2D eigenvalue weighted by Gasteiger charge is -2.28. The fourth-order valence-electron chi connectivity index (χ4n) is 11.0. The summed E-state index contributed by atoms with van der Waals surface area (Å²) in [5.74, 6) is 0. The summed E-state index contributed by atoms with van der Waals surface area (Å²) >= 11 is 0. The van der Waals surface area contributed by atoms with E-state index < -0.39 is 0 Å². The van der Waals surface area contributed by atoms with Gasteiger partial charge < -0.3 is 0 Å². The molecule has 0 heteroatoms. The van der Waals surface area contributed by atoms with Gasteiger partial charge >= 0.3 is 0 Å². The first kappa shape index (κ1) is 43.8. The standard InChI is InChI=1S/C68H64/c1-65(2,3)46-32-44(33-47(37-46)66(4,5)6)51-30-31-52(45-34-48(67(7,8)9)38-49(35-45)68(10,11)12)56-40-58-57(39-55(51)56)60(41-22-15-13-16-23-41)63-54-29-21-28-53-50-27-20-19-26-43(50)36-59(62(53)54)64(63)61(58)42-24-17-14-18-25-42/h13-40H,1-12H3. The average Bonchev–Trinajstić information content (AvgIpc) is 3.62. The molecule has 68 heavy (non-hydrogen) atoms. The van der Waals surface area contributed by atoms with E-state index in [1.165, 1.54) is 132 Å². The van der Waals surface area contributed by atoms with E-state index in [2.05, 4.69) is 253 Å². The first-order valence-electron chi connectivity index (χ1n) is 24.7. The van der Waals surface area contributed by atoms with Crippen molar-refractivity contribution in [2.24, 2.45) is 0 Å². The summed E-state index contributed by atoms with van der Waals surface area (Å²) in [6.45, 7) is 28.2. The van der Waals surface area contributed by atoms with Crippen LogP contribution in [0.3, 0.4) is 0 Å². The van der Waals surface area contributed by atoms with E-state index >= 15 is 0 Å². The van der Waals surface area contributed by atoms with E-state index in [-0.39, 0.29) is 21.7 Å². The van der Waals surface area contributed by atoms with Gasteiger partial charge in [-0.15, -0.1) is 0 Å². The summed E-state index contributed by atoms with van der Waals surface area (Å²) in [4.78, 5) is 0. The molecule has 0 saturated carbocycles. The highest BCUT2D eigenvalue weighted by Crippen LogP contribution is 2.59. The molecule has 0 fully saturated rings. The molecule has 0 atom stereocenters. The molecule has 0 aliphatic heterocycles. The summed E-state index contributed by atoms with van der Waals surface area (Å²) in [6.07, 6.45) is 0. The van der Waals surface area contributed by atoms with Crippen molar-refractivity contribution < 1.29 is 0 Å². The number of hydrogen-bond acceptors (Lipinski definition) is 0. The lowest BCUT2D eigenvalue weighted by atomic mass is 9.77. The van der Waals surface area contributed by atoms with Crippen molar-refractivity contribution in [1.82, 2.24) is 0 Å². The van der Waals surface area contributed by atoms with Crippen LogP contribution < -0.4 is 0 Å². The topological polar surface area (TPSA) is 0 Å². The molecule has 0 bridgehead atoms. The number of rotatable bonds is 4. The van der Waals surface area contributed by atoms with Crippen LogP contribution in [0.25, 0.3) is 110 Å². The molecule has 336 valence electrons. The van der Waals surface area contributed by atoms with Crippen LogP contribution >= 0.6 is 0 Å². The van der Waals surface area contributed by atoms with Crippen LogP contribution in [0.5, 0.6) is 0 Å². The molecule has 0 aromatic heterocycles. The smallest absolute Gasteiger partial charge is 0.000719 e. The van der Waals surface area contributed by atoms with Crippen LogP contribution in [-0.2, 0) is 21.7 Å². The Morgan fingerprint density at radius 3 is 1.07 bits per heavy atom. The second-order valence-electron chi connectivity index (χ2n) is 23.8. The number of hydrogen-bond donors (Lipinski definition) is 0. The van der Waals surface area contributed by atoms with Crippen molar-refractivity contribution in [2.75, 3.05) is 0 Å². The van der Waals surface area contributed by atoms with Gasteiger partial charge in [-0.3, -0.25) is 0 Å². The first-order valence-corrected chi connectivity index (χ1v) is 24.7. The fourth-order valence-corrected chi connectivity index (χ4v) is 11.0. The van der Waals surface area contributed by atoms with Gasteiger partial charge in [0.25, 0.3) is 0 Å². The molecule has 10 aromatic rings. The molecule has 11 rings (SSSR count). The molecular weight excluding hydrogens is 817 g/mol. The molecule has 0 heterocycles. The van der Waals surface area contributed by atoms with Gasteiger partial charge in [-0.2, -0.15) is 0 Å². The van der Waals surface area contributed by atoms with Gasteiger partial charge in [-0.05, 0) is 172 Å². The Morgan fingerprint density at radius 2 is 0.632 bits per heavy atom. The zero-order valence-corrected chi connectivity index (χ0v) is 42.2. The van der Waals surface area contributed by atoms with Crippen LogP contribution in [0.1, 0.15) is 105 Å². The van der Waals surface area contributed by atoms with Crippen LogP contribution in [0, 0.1) is 0 Å². The van der Waals surface area contributed by atoms with Crippen molar-refractivity contribution in [3.8, 4) is 66.8 Å². The summed E-state index contributed by atoms with van der Waals surface area (Å²) in [7, 11) is 0. The maximum atomic E-state index is 2.60. The minimum atomic E-state index is -0.0268. The highest BCUT2D eigenvalue weighted by molar-refractivity contribution is 6.32. The maximum absolute atomic E-state index is 2.60. The van der Waals surface area contributed by atoms with Crippen LogP contribution in [0.2, 0.25) is 0 Å². The van der Waals surface area contributed by atoms with Crippen molar-refractivity contribution in [3.05, 3.63) is 192 Å². The minimum Gasteiger partial charge on any atom is -0.0622 e. The molecule has 0 spiro atoms. The first-order chi connectivity index (χ1) is 32.3. The van der Waals surface area contributed by atoms with Gasteiger partial charge in [0.2, 0.25) is 0 Å². The molecule has 0 nitrogen and oxygen atoms in total. The zero-order valence-electron chi connectivity index (χ0n) is 42.2. The molecule has 0 radical (unpaired) electrons. The molecule has 0 N–H and O–H groups in total. The third-order valence-corrected chi connectivity index (χ3v) is 14.9. The summed E-state index contributed by atoms with van der Waals surface area (Å²) in [5.41, 5.74) is 20.7. The minimum absolute atomic E-state index is 0.0261. The van der Waals surface area contributed by atoms with Gasteiger partial charge in [0.15, 0.2) is 0 Å². The Kier molecular flexibility index (Phi) is 9.90. The normalized spacial score (nSPS) is 13.0. The van der Waals surface area contributed by atoms with Gasteiger partial charge in [-0.1, -0.05) is 235 Å². The number of benzene rings is 10. The zero-order chi connectivity index (χ0) is 47.7. The lowest BCUT2D eigenvalue weighted by Crippen LogP contribution is -2.16. The van der Waals surface area contributed by atoms with Crippen LogP contribution in [0.4, 0.5) is 0 Å². The quantitative estimate of drug-likeness (QED) is 0.122. The molecule has 0 amide bonds. The molecule has 10 aromatic carbocycles. The van der Waals surface area contributed by atoms with Gasteiger partial charge in [0.05, 0.1) is 0 Å². The Bertz CT molecular complexity index is 3600. The predicted octanol–water partition coefficient (Wildman–Crippen LogP) is 19.8. The van der Waals surface area contributed by atoms with Crippen molar-refractivity contribution in [2.45, 2.75) is 105 Å². The monoisotopic (exact) mass is 881 g/mol. The average molecular weight is 881 g/mol. The van der Waals surface area contributed by atoms with E-state index in [1.807, 2.05) is 0 Å². The van der Waals surface area contributed by atoms with E-state index in [1.54, 1.807) is 0 Å². The fraction of sp³-hybridized carbons (Fsp3) is 0.235.